The highest BCUT2D eigenvalue weighted by Crippen LogP contribution is 2.35. The Morgan fingerprint density at radius 3 is 2.62 bits per heavy atom. The van der Waals surface area contributed by atoms with Gasteiger partial charge in [0.1, 0.15) is 0 Å². The number of carbonyl (C=O) groups is 2. The Morgan fingerprint density at radius 2 is 1.97 bits per heavy atom. The molecule has 2 aromatic heterocycles. The summed E-state index contributed by atoms with van der Waals surface area (Å²) in [5.74, 6) is 0.754. The van der Waals surface area contributed by atoms with Crippen molar-refractivity contribution in [1.82, 2.24) is 20.0 Å². The highest BCUT2D eigenvalue weighted by atomic mass is 16.5. The second kappa shape index (κ2) is 9.50. The Bertz CT molecular complexity index is 1010. The summed E-state index contributed by atoms with van der Waals surface area (Å²) in [6.07, 6.45) is 7.67. The number of carbonyl (C=O) groups excluding carboxylic acids is 1. The average Bonchev–Trinajstić information content (AvgIpc) is 3.23. The van der Waals surface area contributed by atoms with E-state index in [0.717, 1.165) is 67.4 Å². The summed E-state index contributed by atoms with van der Waals surface area (Å²) in [5, 5.41) is 12.8. The molecule has 2 fully saturated rings. The van der Waals surface area contributed by atoms with Crippen molar-refractivity contribution >= 4 is 17.8 Å². The molecule has 1 amide bonds. The number of hydrogen-bond acceptors (Lipinski definition) is 7. The fourth-order valence-electron chi connectivity index (χ4n) is 4.52. The Balaban J connectivity index is 1.57. The molecule has 2 aliphatic heterocycles. The monoisotopic (exact) mass is 439 g/mol. The van der Waals surface area contributed by atoms with Crippen molar-refractivity contribution < 1.29 is 19.2 Å². The van der Waals surface area contributed by atoms with E-state index in [9.17, 15) is 9.59 Å². The van der Waals surface area contributed by atoms with Gasteiger partial charge in [-0.2, -0.15) is 0 Å². The average molecular weight is 440 g/mol. The zero-order valence-electron chi connectivity index (χ0n) is 18.5. The number of rotatable bonds is 5. The van der Waals surface area contributed by atoms with Gasteiger partial charge in [-0.05, 0) is 38.5 Å². The molecule has 0 aromatic carbocycles. The van der Waals surface area contributed by atoms with Gasteiger partial charge >= 0.3 is 5.97 Å². The number of aromatic nitrogens is 3. The summed E-state index contributed by atoms with van der Waals surface area (Å²) in [7, 11) is 0. The molecule has 1 N–H and O–H groups in total. The summed E-state index contributed by atoms with van der Waals surface area (Å²) in [5.41, 5.74) is 2.57. The minimum atomic E-state index is -1.12. The first-order valence-electron chi connectivity index (χ1n) is 11.2. The summed E-state index contributed by atoms with van der Waals surface area (Å²) >= 11 is 0. The van der Waals surface area contributed by atoms with Gasteiger partial charge in [0.05, 0.1) is 17.0 Å². The number of carboxylic acid groups (broad SMARTS) is 1. The van der Waals surface area contributed by atoms with Gasteiger partial charge in [0.25, 0.3) is 0 Å². The molecule has 2 aliphatic rings. The van der Waals surface area contributed by atoms with E-state index in [1.807, 2.05) is 19.2 Å². The molecular formula is C23H29N5O4. The lowest BCUT2D eigenvalue weighted by Crippen LogP contribution is -2.38. The van der Waals surface area contributed by atoms with Crippen molar-refractivity contribution in [2.24, 2.45) is 5.92 Å². The molecule has 0 spiro atoms. The largest absolute Gasteiger partial charge is 0.478 e. The van der Waals surface area contributed by atoms with Crippen molar-refractivity contribution in [3.05, 3.63) is 35.8 Å². The van der Waals surface area contributed by atoms with E-state index in [-0.39, 0.29) is 11.8 Å². The lowest BCUT2D eigenvalue weighted by atomic mass is 9.90. The number of piperidine rings is 2. The van der Waals surface area contributed by atoms with E-state index >= 15 is 0 Å². The van der Waals surface area contributed by atoms with Crippen LogP contribution in [-0.4, -0.2) is 63.2 Å². The maximum atomic E-state index is 12.2. The molecule has 170 valence electrons. The summed E-state index contributed by atoms with van der Waals surface area (Å²) in [6, 6.07) is 1.89. The van der Waals surface area contributed by atoms with Crippen LogP contribution in [0.15, 0.2) is 28.9 Å². The summed E-state index contributed by atoms with van der Waals surface area (Å²) in [4.78, 5) is 36.5. The predicted molar refractivity (Wildman–Crippen MR) is 118 cm³/mol. The highest BCUT2D eigenvalue weighted by molar-refractivity contribution is 5.93. The Morgan fingerprint density at radius 1 is 1.19 bits per heavy atom. The van der Waals surface area contributed by atoms with E-state index in [2.05, 4.69) is 22.0 Å². The molecule has 2 saturated heterocycles. The Kier molecular flexibility index (Phi) is 6.53. The van der Waals surface area contributed by atoms with Gasteiger partial charge in [0.15, 0.2) is 5.76 Å². The maximum absolute atomic E-state index is 12.2. The quantitative estimate of drug-likeness (QED) is 0.708. The highest BCUT2D eigenvalue weighted by Gasteiger charge is 2.29. The molecular weight excluding hydrogens is 410 g/mol. The van der Waals surface area contributed by atoms with Crippen molar-refractivity contribution in [2.75, 3.05) is 31.1 Å². The fraction of sp³-hybridized carbons (Fsp3) is 0.522. The lowest BCUT2D eigenvalue weighted by Gasteiger charge is -2.33. The number of hydrogen-bond donors (Lipinski definition) is 1. The van der Waals surface area contributed by atoms with Crippen molar-refractivity contribution in [1.29, 1.82) is 0 Å². The zero-order valence-corrected chi connectivity index (χ0v) is 18.5. The first-order chi connectivity index (χ1) is 15.4. The van der Waals surface area contributed by atoms with E-state index in [1.54, 1.807) is 4.90 Å². The molecule has 1 unspecified atom stereocenters. The van der Waals surface area contributed by atoms with E-state index in [1.165, 1.54) is 6.42 Å². The molecule has 2 aromatic rings. The van der Waals surface area contributed by atoms with Crippen LogP contribution >= 0.6 is 0 Å². The first kappa shape index (κ1) is 22.0. The summed E-state index contributed by atoms with van der Waals surface area (Å²) in [6.45, 7) is 7.12. The van der Waals surface area contributed by atoms with Crippen LogP contribution in [-0.2, 0) is 9.59 Å². The minimum absolute atomic E-state index is 0.145. The van der Waals surface area contributed by atoms with E-state index in [4.69, 9.17) is 14.6 Å². The minimum Gasteiger partial charge on any atom is -0.478 e. The van der Waals surface area contributed by atoms with Gasteiger partial charge in [-0.15, -0.1) is 0 Å². The zero-order chi connectivity index (χ0) is 22.7. The number of amides is 1. The van der Waals surface area contributed by atoms with Gasteiger partial charge in [-0.25, -0.2) is 14.8 Å². The second-order valence-corrected chi connectivity index (χ2v) is 8.77. The third kappa shape index (κ3) is 4.98. The second-order valence-electron chi connectivity index (χ2n) is 8.77. The standard InChI is InChI=1S/C23H29N5O4/c1-15-4-3-9-28(14-15)23-24-13-18(19-12-16(2)26-32-19)22(25-23)17-7-10-27(11-8-17)20(29)5-6-21(30)31/h5-6,12-13,15,17H,3-4,7-11,14H2,1-2H3,(H,30,31)/b6-5-. The molecule has 32 heavy (non-hydrogen) atoms. The maximum Gasteiger partial charge on any atom is 0.328 e. The first-order valence-corrected chi connectivity index (χ1v) is 11.2. The third-order valence-electron chi connectivity index (χ3n) is 6.20. The normalized spacial score (nSPS) is 20.1. The van der Waals surface area contributed by atoms with Crippen LogP contribution in [0.4, 0.5) is 5.95 Å². The predicted octanol–water partition coefficient (Wildman–Crippen LogP) is 3.02. The van der Waals surface area contributed by atoms with Crippen molar-refractivity contribution in [2.45, 2.75) is 45.4 Å². The van der Waals surface area contributed by atoms with Gasteiger partial charge in [-0.1, -0.05) is 12.1 Å². The van der Waals surface area contributed by atoms with Crippen molar-refractivity contribution in [3.8, 4) is 11.3 Å². The number of anilines is 1. The molecule has 0 saturated carbocycles. The third-order valence-corrected chi connectivity index (χ3v) is 6.20. The van der Waals surface area contributed by atoms with Crippen LogP contribution < -0.4 is 4.90 Å². The van der Waals surface area contributed by atoms with Crippen LogP contribution in [0.5, 0.6) is 0 Å². The molecule has 9 heteroatoms. The van der Waals surface area contributed by atoms with Crippen molar-refractivity contribution in [3.63, 3.8) is 0 Å². The smallest absolute Gasteiger partial charge is 0.328 e. The number of carboxylic acids is 1. The van der Waals surface area contributed by atoms with Gasteiger partial charge in [-0.3, -0.25) is 4.79 Å². The number of aryl methyl sites for hydroxylation is 1. The molecule has 9 nitrogen and oxygen atoms in total. The molecule has 0 aliphatic carbocycles. The molecule has 4 heterocycles. The van der Waals surface area contributed by atoms with Crippen LogP contribution in [0.3, 0.4) is 0 Å². The number of likely N-dealkylation sites (tertiary alicyclic amines) is 1. The van der Waals surface area contributed by atoms with Crippen LogP contribution in [0.25, 0.3) is 11.3 Å². The van der Waals surface area contributed by atoms with E-state index in [0.29, 0.717) is 24.8 Å². The lowest BCUT2D eigenvalue weighted by molar-refractivity contribution is -0.132. The molecule has 0 bridgehead atoms. The summed E-state index contributed by atoms with van der Waals surface area (Å²) < 4.78 is 5.53. The van der Waals surface area contributed by atoms with Crippen LogP contribution in [0.2, 0.25) is 0 Å². The van der Waals surface area contributed by atoms with Gasteiger partial charge < -0.3 is 19.4 Å². The number of nitrogens with zero attached hydrogens (tertiary/aromatic N) is 5. The molecule has 4 rings (SSSR count). The van der Waals surface area contributed by atoms with Crippen LogP contribution in [0.1, 0.15) is 49.9 Å². The Labute approximate surface area is 187 Å². The molecule has 1 atom stereocenters. The van der Waals surface area contributed by atoms with Gasteiger partial charge in [0, 0.05) is 56.5 Å². The van der Waals surface area contributed by atoms with Crippen LogP contribution in [0, 0.1) is 12.8 Å². The number of aliphatic carboxylic acids is 1. The topological polar surface area (TPSA) is 113 Å². The fourth-order valence-corrected chi connectivity index (χ4v) is 4.52. The Hall–Kier alpha value is -3.23. The SMILES string of the molecule is Cc1cc(-c2cnc(N3CCCC(C)C3)nc2C2CCN(C(=O)/C=C\C(=O)O)CC2)on1. The van der Waals surface area contributed by atoms with Gasteiger partial charge in [0.2, 0.25) is 11.9 Å². The van der Waals surface area contributed by atoms with E-state index < -0.39 is 5.97 Å². The molecule has 0 radical (unpaired) electrons.